The molecule has 3 heteroatoms. The Morgan fingerprint density at radius 2 is 1.95 bits per heavy atom. The molecule has 1 aromatic carbocycles. The van der Waals surface area contributed by atoms with Crippen LogP contribution in [0.1, 0.15) is 44.1 Å². The first-order valence-electron chi connectivity index (χ1n) is 8.49. The average molecular weight is 351 g/mol. The zero-order valence-electron chi connectivity index (χ0n) is 13.1. The van der Waals surface area contributed by atoms with Crippen molar-refractivity contribution in [1.82, 2.24) is 5.32 Å². The lowest BCUT2D eigenvalue weighted by molar-refractivity contribution is 0.277. The van der Waals surface area contributed by atoms with Gasteiger partial charge in [-0.1, -0.05) is 41.3 Å². The first-order valence-corrected chi connectivity index (χ1v) is 9.28. The third-order valence-electron chi connectivity index (χ3n) is 5.23. The van der Waals surface area contributed by atoms with Crippen LogP contribution in [0.15, 0.2) is 22.7 Å². The van der Waals surface area contributed by atoms with E-state index in [-0.39, 0.29) is 0 Å². The minimum atomic E-state index is 0.672. The molecule has 0 spiro atoms. The fourth-order valence-electron chi connectivity index (χ4n) is 3.96. The van der Waals surface area contributed by atoms with E-state index < -0.39 is 0 Å². The molecule has 1 aliphatic carbocycles. The monoisotopic (exact) mass is 350 g/mol. The van der Waals surface area contributed by atoms with Crippen LogP contribution >= 0.6 is 15.9 Å². The molecule has 0 bridgehead atoms. The number of anilines is 1. The van der Waals surface area contributed by atoms with Crippen molar-refractivity contribution in [3.63, 3.8) is 0 Å². The van der Waals surface area contributed by atoms with Crippen LogP contribution in [0, 0.1) is 12.8 Å². The van der Waals surface area contributed by atoms with Gasteiger partial charge in [-0.15, -0.1) is 0 Å². The molecule has 21 heavy (non-hydrogen) atoms. The minimum absolute atomic E-state index is 0.672. The van der Waals surface area contributed by atoms with Gasteiger partial charge in [-0.25, -0.2) is 0 Å². The molecule has 1 saturated heterocycles. The summed E-state index contributed by atoms with van der Waals surface area (Å²) in [6.45, 7) is 5.74. The Hall–Kier alpha value is -0.540. The first-order chi connectivity index (χ1) is 10.3. The molecule has 116 valence electrons. The number of nitrogens with zero attached hydrogens (tertiary/aromatic N) is 1. The van der Waals surface area contributed by atoms with Crippen LogP contribution in [0.4, 0.5) is 5.69 Å². The van der Waals surface area contributed by atoms with E-state index in [0.29, 0.717) is 6.04 Å². The molecular formula is C18H27BrN2. The van der Waals surface area contributed by atoms with Gasteiger partial charge in [0.1, 0.15) is 0 Å². The zero-order valence-corrected chi connectivity index (χ0v) is 14.7. The Kier molecular flexibility index (Phi) is 5.23. The third kappa shape index (κ3) is 3.62. The van der Waals surface area contributed by atoms with Gasteiger partial charge in [-0.05, 0) is 56.3 Å². The van der Waals surface area contributed by atoms with Crippen molar-refractivity contribution in [1.29, 1.82) is 0 Å². The van der Waals surface area contributed by atoms with E-state index in [4.69, 9.17) is 0 Å². The molecule has 1 aromatic rings. The van der Waals surface area contributed by atoms with Crippen LogP contribution in [0.2, 0.25) is 0 Å². The van der Waals surface area contributed by atoms with Crippen molar-refractivity contribution in [3.05, 3.63) is 28.2 Å². The Morgan fingerprint density at radius 1 is 1.14 bits per heavy atom. The SMILES string of the molecule is Cc1c(Br)cccc1N1CCCNC(C2CCCCC2)C1. The second-order valence-electron chi connectivity index (χ2n) is 6.64. The lowest BCUT2D eigenvalue weighted by Gasteiger charge is -2.34. The molecule has 1 atom stereocenters. The maximum absolute atomic E-state index is 3.83. The lowest BCUT2D eigenvalue weighted by Crippen LogP contribution is -2.43. The average Bonchev–Trinajstić information content (AvgIpc) is 2.77. The van der Waals surface area contributed by atoms with Gasteiger partial charge in [0.15, 0.2) is 0 Å². The molecule has 0 radical (unpaired) electrons. The molecule has 2 aliphatic rings. The maximum atomic E-state index is 3.83. The van der Waals surface area contributed by atoms with Gasteiger partial charge in [0.05, 0.1) is 0 Å². The summed E-state index contributed by atoms with van der Waals surface area (Å²) in [7, 11) is 0. The summed E-state index contributed by atoms with van der Waals surface area (Å²) in [5.41, 5.74) is 2.79. The summed E-state index contributed by atoms with van der Waals surface area (Å²) in [6, 6.07) is 7.27. The van der Waals surface area contributed by atoms with E-state index in [1.54, 1.807) is 0 Å². The molecule has 2 nitrogen and oxygen atoms in total. The number of hydrogen-bond acceptors (Lipinski definition) is 2. The van der Waals surface area contributed by atoms with Crippen LogP contribution < -0.4 is 10.2 Å². The van der Waals surface area contributed by atoms with Crippen molar-refractivity contribution < 1.29 is 0 Å². The van der Waals surface area contributed by atoms with Crippen molar-refractivity contribution in [2.45, 2.75) is 51.5 Å². The minimum Gasteiger partial charge on any atom is -0.370 e. The number of halogens is 1. The molecular weight excluding hydrogens is 324 g/mol. The summed E-state index contributed by atoms with van der Waals surface area (Å²) in [4.78, 5) is 2.61. The van der Waals surface area contributed by atoms with Gasteiger partial charge in [0.25, 0.3) is 0 Å². The van der Waals surface area contributed by atoms with Crippen LogP contribution in [0.5, 0.6) is 0 Å². The summed E-state index contributed by atoms with van der Waals surface area (Å²) in [5, 5.41) is 3.83. The topological polar surface area (TPSA) is 15.3 Å². The fraction of sp³-hybridized carbons (Fsp3) is 0.667. The summed E-state index contributed by atoms with van der Waals surface area (Å²) < 4.78 is 1.23. The van der Waals surface area contributed by atoms with Crippen LogP contribution in [-0.2, 0) is 0 Å². The zero-order chi connectivity index (χ0) is 14.7. The van der Waals surface area contributed by atoms with Crippen LogP contribution in [0.25, 0.3) is 0 Å². The Balaban J connectivity index is 1.76. The molecule has 0 aromatic heterocycles. The quantitative estimate of drug-likeness (QED) is 0.844. The van der Waals surface area contributed by atoms with Crippen molar-refractivity contribution >= 4 is 21.6 Å². The highest BCUT2D eigenvalue weighted by molar-refractivity contribution is 9.10. The smallest absolute Gasteiger partial charge is 0.0407 e. The predicted molar refractivity (Wildman–Crippen MR) is 94.1 cm³/mol. The number of hydrogen-bond donors (Lipinski definition) is 1. The maximum Gasteiger partial charge on any atom is 0.0407 e. The van der Waals surface area contributed by atoms with Gasteiger partial charge < -0.3 is 10.2 Å². The fourth-order valence-corrected chi connectivity index (χ4v) is 4.32. The highest BCUT2D eigenvalue weighted by Gasteiger charge is 2.27. The molecule has 3 rings (SSSR count). The number of benzene rings is 1. The Morgan fingerprint density at radius 3 is 2.76 bits per heavy atom. The molecule has 0 amide bonds. The normalized spacial score (nSPS) is 24.9. The first kappa shape index (κ1) is 15.4. The van der Waals surface area contributed by atoms with Crippen LogP contribution in [-0.4, -0.2) is 25.7 Å². The van der Waals surface area contributed by atoms with Crippen LogP contribution in [0.3, 0.4) is 0 Å². The predicted octanol–water partition coefficient (Wildman–Crippen LogP) is 4.51. The van der Waals surface area contributed by atoms with Gasteiger partial charge in [0, 0.05) is 29.3 Å². The van der Waals surface area contributed by atoms with Crippen molar-refractivity contribution in [3.8, 4) is 0 Å². The van der Waals surface area contributed by atoms with Gasteiger partial charge >= 0.3 is 0 Å². The standard InChI is InChI=1S/C18H27BrN2/c1-14-16(19)9-5-10-18(14)21-12-6-11-20-17(13-21)15-7-3-2-4-8-15/h5,9-10,15,17,20H,2-4,6-8,11-13H2,1H3. The second kappa shape index (κ2) is 7.15. The summed E-state index contributed by atoms with van der Waals surface area (Å²) >= 11 is 3.68. The molecule has 1 saturated carbocycles. The van der Waals surface area contributed by atoms with Crippen molar-refractivity contribution in [2.24, 2.45) is 5.92 Å². The van der Waals surface area contributed by atoms with Gasteiger partial charge in [-0.3, -0.25) is 0 Å². The number of nitrogens with one attached hydrogen (secondary N) is 1. The Labute approximate surface area is 137 Å². The van der Waals surface area contributed by atoms with E-state index in [1.807, 2.05) is 0 Å². The second-order valence-corrected chi connectivity index (χ2v) is 7.50. The largest absolute Gasteiger partial charge is 0.370 e. The lowest BCUT2D eigenvalue weighted by atomic mass is 9.83. The van der Waals surface area contributed by atoms with E-state index in [2.05, 4.69) is 51.3 Å². The summed E-state index contributed by atoms with van der Waals surface area (Å²) in [6.07, 6.45) is 8.39. The third-order valence-corrected chi connectivity index (χ3v) is 6.09. The van der Waals surface area contributed by atoms with E-state index in [0.717, 1.165) is 5.92 Å². The molecule has 1 N–H and O–H groups in total. The van der Waals surface area contributed by atoms with E-state index >= 15 is 0 Å². The molecule has 1 aliphatic heterocycles. The molecule has 2 fully saturated rings. The van der Waals surface area contributed by atoms with Gasteiger partial charge in [0.2, 0.25) is 0 Å². The number of rotatable bonds is 2. The van der Waals surface area contributed by atoms with Gasteiger partial charge in [-0.2, -0.15) is 0 Å². The highest BCUT2D eigenvalue weighted by atomic mass is 79.9. The van der Waals surface area contributed by atoms with E-state index in [9.17, 15) is 0 Å². The highest BCUT2D eigenvalue weighted by Crippen LogP contribution is 2.31. The Bertz CT molecular complexity index is 468. The van der Waals surface area contributed by atoms with E-state index in [1.165, 1.54) is 73.9 Å². The van der Waals surface area contributed by atoms with Crippen molar-refractivity contribution in [2.75, 3.05) is 24.5 Å². The summed E-state index contributed by atoms with van der Waals surface area (Å²) in [5.74, 6) is 0.881. The molecule has 1 unspecified atom stereocenters. The molecule has 1 heterocycles.